The minimum Gasteiger partial charge on any atom is -0.435 e. The van der Waals surface area contributed by atoms with Crippen molar-refractivity contribution in [1.82, 2.24) is 0 Å². The zero-order chi connectivity index (χ0) is 16.0. The molecule has 1 amide bonds. The van der Waals surface area contributed by atoms with Crippen LogP contribution in [0.4, 0.5) is 14.5 Å². The second-order valence-corrected chi connectivity index (χ2v) is 6.09. The van der Waals surface area contributed by atoms with Crippen LogP contribution in [0.25, 0.3) is 0 Å². The summed E-state index contributed by atoms with van der Waals surface area (Å²) in [5.41, 5.74) is 6.17. The molecule has 0 fully saturated rings. The number of nitrogens with two attached hydrogens (primary N) is 1. The predicted molar refractivity (Wildman–Crippen MR) is 78.3 cm³/mol. The van der Waals surface area contributed by atoms with Crippen molar-refractivity contribution in [1.29, 1.82) is 0 Å². The van der Waals surface area contributed by atoms with Crippen molar-refractivity contribution in [3.63, 3.8) is 0 Å². The number of alkyl halides is 2. The highest BCUT2D eigenvalue weighted by Crippen LogP contribution is 2.25. The van der Waals surface area contributed by atoms with Crippen molar-refractivity contribution in [2.24, 2.45) is 17.1 Å². The summed E-state index contributed by atoms with van der Waals surface area (Å²) in [6, 6.07) is 5.78. The number of hydrogen-bond donors (Lipinski definition) is 2. The van der Waals surface area contributed by atoms with Gasteiger partial charge in [0.15, 0.2) is 0 Å². The molecule has 0 aliphatic rings. The molecular weight excluding hydrogens is 278 g/mol. The molecule has 3 N–H and O–H groups in total. The molecule has 1 unspecified atom stereocenters. The molecule has 0 spiro atoms. The van der Waals surface area contributed by atoms with E-state index in [1.165, 1.54) is 24.3 Å². The average molecular weight is 300 g/mol. The fraction of sp³-hybridized carbons (Fsp3) is 0.533. The van der Waals surface area contributed by atoms with Crippen LogP contribution in [0, 0.1) is 11.3 Å². The molecule has 4 nitrogen and oxygen atoms in total. The molecule has 0 heterocycles. The van der Waals surface area contributed by atoms with Gasteiger partial charge >= 0.3 is 6.61 Å². The molecule has 0 aromatic heterocycles. The van der Waals surface area contributed by atoms with Crippen molar-refractivity contribution in [2.45, 2.75) is 33.8 Å². The van der Waals surface area contributed by atoms with Gasteiger partial charge in [-0.25, -0.2) is 0 Å². The molecule has 0 aliphatic heterocycles. The SMILES string of the molecule is CC(C)(C)CC(CN)C(=O)Nc1ccc(OC(F)F)cc1. The number of ether oxygens (including phenoxy) is 1. The van der Waals surface area contributed by atoms with Gasteiger partial charge in [0.2, 0.25) is 5.91 Å². The Labute approximate surface area is 123 Å². The van der Waals surface area contributed by atoms with Gasteiger partial charge in [-0.3, -0.25) is 4.79 Å². The molecule has 21 heavy (non-hydrogen) atoms. The maximum absolute atomic E-state index is 12.1. The Hall–Kier alpha value is -1.69. The number of rotatable bonds is 6. The van der Waals surface area contributed by atoms with Crippen molar-refractivity contribution in [3.05, 3.63) is 24.3 Å². The first kappa shape index (κ1) is 17.4. The van der Waals surface area contributed by atoms with Crippen LogP contribution in [-0.2, 0) is 4.79 Å². The van der Waals surface area contributed by atoms with E-state index in [-0.39, 0.29) is 29.5 Å². The lowest BCUT2D eigenvalue weighted by Gasteiger charge is -2.24. The van der Waals surface area contributed by atoms with Gasteiger partial charge in [0, 0.05) is 12.2 Å². The summed E-state index contributed by atoms with van der Waals surface area (Å²) >= 11 is 0. The van der Waals surface area contributed by atoms with E-state index in [0.717, 1.165) is 0 Å². The number of benzene rings is 1. The van der Waals surface area contributed by atoms with Gasteiger partial charge in [-0.1, -0.05) is 20.8 Å². The highest BCUT2D eigenvalue weighted by atomic mass is 19.3. The lowest BCUT2D eigenvalue weighted by molar-refractivity contribution is -0.120. The average Bonchev–Trinajstić information content (AvgIpc) is 2.36. The fourth-order valence-electron chi connectivity index (χ4n) is 1.99. The second kappa shape index (κ2) is 7.36. The van der Waals surface area contributed by atoms with Crippen LogP contribution >= 0.6 is 0 Å². The molecule has 1 rings (SSSR count). The summed E-state index contributed by atoms with van der Waals surface area (Å²) in [5.74, 6) is -0.412. The summed E-state index contributed by atoms with van der Waals surface area (Å²) in [4.78, 5) is 12.1. The maximum Gasteiger partial charge on any atom is 0.387 e. The Balaban J connectivity index is 2.64. The number of carbonyl (C=O) groups excluding carboxylic acids is 1. The summed E-state index contributed by atoms with van der Waals surface area (Å²) < 4.78 is 28.3. The third kappa shape index (κ3) is 6.53. The van der Waals surface area contributed by atoms with Crippen molar-refractivity contribution in [2.75, 3.05) is 11.9 Å². The van der Waals surface area contributed by atoms with Gasteiger partial charge in [0.1, 0.15) is 5.75 Å². The highest BCUT2D eigenvalue weighted by Gasteiger charge is 2.23. The number of hydrogen-bond acceptors (Lipinski definition) is 3. The van der Waals surface area contributed by atoms with E-state index in [1.54, 1.807) is 0 Å². The molecule has 1 aromatic carbocycles. The van der Waals surface area contributed by atoms with Gasteiger partial charge in [-0.2, -0.15) is 8.78 Å². The number of halogens is 2. The standard InChI is InChI=1S/C15H22F2N2O2/c1-15(2,3)8-10(9-18)13(20)19-11-4-6-12(7-5-11)21-14(16)17/h4-7,10,14H,8-9,18H2,1-3H3,(H,19,20). The Morgan fingerprint density at radius 3 is 2.29 bits per heavy atom. The molecule has 1 atom stereocenters. The normalized spacial score (nSPS) is 13.1. The van der Waals surface area contributed by atoms with E-state index in [9.17, 15) is 13.6 Å². The smallest absolute Gasteiger partial charge is 0.387 e. The van der Waals surface area contributed by atoms with E-state index in [1.807, 2.05) is 20.8 Å². The summed E-state index contributed by atoms with van der Waals surface area (Å²) in [7, 11) is 0. The highest BCUT2D eigenvalue weighted by molar-refractivity contribution is 5.92. The van der Waals surface area contributed by atoms with Crippen LogP contribution in [-0.4, -0.2) is 19.1 Å². The second-order valence-electron chi connectivity index (χ2n) is 6.09. The van der Waals surface area contributed by atoms with Crippen LogP contribution in [0.5, 0.6) is 5.75 Å². The zero-order valence-corrected chi connectivity index (χ0v) is 12.5. The van der Waals surface area contributed by atoms with Crippen molar-refractivity contribution in [3.8, 4) is 5.75 Å². The van der Waals surface area contributed by atoms with Crippen LogP contribution in [0.1, 0.15) is 27.2 Å². The molecule has 1 aromatic rings. The van der Waals surface area contributed by atoms with E-state index >= 15 is 0 Å². The summed E-state index contributed by atoms with van der Waals surface area (Å²) in [5, 5.41) is 2.73. The largest absolute Gasteiger partial charge is 0.435 e. The quantitative estimate of drug-likeness (QED) is 0.847. The van der Waals surface area contributed by atoms with E-state index < -0.39 is 6.61 Å². The van der Waals surface area contributed by atoms with Crippen LogP contribution in [0.15, 0.2) is 24.3 Å². The van der Waals surface area contributed by atoms with Crippen LogP contribution in [0.3, 0.4) is 0 Å². The van der Waals surface area contributed by atoms with Crippen LogP contribution in [0.2, 0.25) is 0 Å². The molecule has 0 bridgehead atoms. The van der Waals surface area contributed by atoms with E-state index in [0.29, 0.717) is 12.1 Å². The molecule has 0 aliphatic carbocycles. The number of nitrogens with one attached hydrogen (secondary N) is 1. The topological polar surface area (TPSA) is 64.4 Å². The Bertz CT molecular complexity index is 456. The monoisotopic (exact) mass is 300 g/mol. The zero-order valence-electron chi connectivity index (χ0n) is 12.5. The maximum atomic E-state index is 12.1. The van der Waals surface area contributed by atoms with Gasteiger partial charge in [-0.15, -0.1) is 0 Å². The molecule has 6 heteroatoms. The van der Waals surface area contributed by atoms with E-state index in [2.05, 4.69) is 10.1 Å². The summed E-state index contributed by atoms with van der Waals surface area (Å²) in [6.07, 6.45) is 0.669. The Kier molecular flexibility index (Phi) is 6.08. The number of carbonyl (C=O) groups is 1. The molecule has 0 radical (unpaired) electrons. The number of amides is 1. The van der Waals surface area contributed by atoms with Gasteiger partial charge in [0.25, 0.3) is 0 Å². The summed E-state index contributed by atoms with van der Waals surface area (Å²) in [6.45, 7) is 3.52. The Morgan fingerprint density at radius 1 is 1.29 bits per heavy atom. The number of anilines is 1. The molecular formula is C15H22F2N2O2. The van der Waals surface area contributed by atoms with Gasteiger partial charge in [0.05, 0.1) is 5.92 Å². The van der Waals surface area contributed by atoms with Gasteiger partial charge in [-0.05, 0) is 36.1 Å². The minimum atomic E-state index is -2.86. The molecule has 0 saturated carbocycles. The molecule has 0 saturated heterocycles. The first-order valence-corrected chi connectivity index (χ1v) is 6.77. The third-order valence-corrected chi connectivity index (χ3v) is 2.86. The lowest BCUT2D eigenvalue weighted by atomic mass is 9.84. The lowest BCUT2D eigenvalue weighted by Crippen LogP contribution is -2.32. The predicted octanol–water partition coefficient (Wildman–Crippen LogP) is 3.24. The first-order valence-electron chi connectivity index (χ1n) is 6.77. The van der Waals surface area contributed by atoms with Gasteiger partial charge < -0.3 is 15.8 Å². The molecule has 118 valence electrons. The Morgan fingerprint density at radius 2 is 1.86 bits per heavy atom. The van der Waals surface area contributed by atoms with Crippen molar-refractivity contribution >= 4 is 11.6 Å². The van der Waals surface area contributed by atoms with E-state index in [4.69, 9.17) is 5.73 Å². The third-order valence-electron chi connectivity index (χ3n) is 2.86. The fourth-order valence-corrected chi connectivity index (χ4v) is 1.99. The minimum absolute atomic E-state index is 0.00363. The van der Waals surface area contributed by atoms with Crippen LogP contribution < -0.4 is 15.8 Å². The first-order chi connectivity index (χ1) is 9.71. The van der Waals surface area contributed by atoms with Crippen molar-refractivity contribution < 1.29 is 18.3 Å².